The molecule has 174 valence electrons. The summed E-state index contributed by atoms with van der Waals surface area (Å²) in [6.07, 6.45) is 1.76. The van der Waals surface area contributed by atoms with Gasteiger partial charge in [0, 0.05) is 0 Å². The highest BCUT2D eigenvalue weighted by atomic mass is 35.5. The summed E-state index contributed by atoms with van der Waals surface area (Å²) < 4.78 is 11.7. The zero-order valence-corrected chi connectivity index (χ0v) is 20.4. The topological polar surface area (TPSA) is 59.9 Å². The number of ether oxygens (including phenoxy) is 2. The monoisotopic (exact) mass is 500 g/mol. The minimum atomic E-state index is -0.212. The quantitative estimate of drug-likeness (QED) is 0.290. The Hall–Kier alpha value is -3.74. The second-order valence-corrected chi connectivity index (χ2v) is 9.22. The van der Waals surface area contributed by atoms with Gasteiger partial charge < -0.3 is 14.8 Å². The van der Waals surface area contributed by atoms with E-state index in [1.165, 1.54) is 11.8 Å². The van der Waals surface area contributed by atoms with Crippen LogP contribution in [-0.4, -0.2) is 18.2 Å². The Labute approximate surface area is 212 Å². The molecule has 1 saturated heterocycles. The first-order valence-corrected chi connectivity index (χ1v) is 12.1. The van der Waals surface area contributed by atoms with E-state index in [1.807, 2.05) is 54.6 Å². The molecule has 1 heterocycles. The molecule has 5 rings (SSSR count). The first-order valence-electron chi connectivity index (χ1n) is 10.9. The lowest BCUT2D eigenvalue weighted by Crippen LogP contribution is -2.19. The van der Waals surface area contributed by atoms with E-state index < -0.39 is 0 Å². The predicted octanol–water partition coefficient (Wildman–Crippen LogP) is 6.97. The van der Waals surface area contributed by atoms with Crippen LogP contribution in [0.15, 0.2) is 94.8 Å². The van der Waals surface area contributed by atoms with Crippen molar-refractivity contribution in [3.8, 4) is 11.5 Å². The molecule has 0 atom stereocenters. The number of hydrogen-bond acceptors (Lipinski definition) is 5. The maximum absolute atomic E-state index is 12.5. The van der Waals surface area contributed by atoms with Gasteiger partial charge in [-0.05, 0) is 64.0 Å². The Balaban J connectivity index is 1.37. The zero-order chi connectivity index (χ0) is 24.2. The van der Waals surface area contributed by atoms with E-state index in [-0.39, 0.29) is 5.91 Å². The molecule has 5 nitrogen and oxygen atoms in total. The Morgan fingerprint density at radius 1 is 1.00 bits per heavy atom. The van der Waals surface area contributed by atoms with Gasteiger partial charge in [-0.15, -0.1) is 0 Å². The molecule has 4 aromatic rings. The molecule has 0 saturated carbocycles. The summed E-state index contributed by atoms with van der Waals surface area (Å²) in [5.41, 5.74) is 2.55. The van der Waals surface area contributed by atoms with Crippen molar-refractivity contribution < 1.29 is 14.3 Å². The van der Waals surface area contributed by atoms with E-state index in [9.17, 15) is 4.79 Å². The summed E-state index contributed by atoms with van der Waals surface area (Å²) in [5, 5.41) is 6.00. The molecular formula is C28H21ClN2O3S. The van der Waals surface area contributed by atoms with Crippen LogP contribution in [0.4, 0.5) is 5.69 Å². The van der Waals surface area contributed by atoms with E-state index in [2.05, 4.69) is 28.5 Å². The van der Waals surface area contributed by atoms with Crippen molar-refractivity contribution in [2.24, 2.45) is 4.99 Å². The van der Waals surface area contributed by atoms with Gasteiger partial charge in [-0.25, -0.2) is 4.99 Å². The lowest BCUT2D eigenvalue weighted by molar-refractivity contribution is -0.115. The number of amides is 1. The molecule has 0 aliphatic carbocycles. The number of halogens is 1. The fourth-order valence-corrected chi connectivity index (χ4v) is 4.90. The lowest BCUT2D eigenvalue weighted by atomic mass is 10.1. The van der Waals surface area contributed by atoms with Crippen molar-refractivity contribution in [3.63, 3.8) is 0 Å². The smallest absolute Gasteiger partial charge is 0.264 e. The highest BCUT2D eigenvalue weighted by Crippen LogP contribution is 2.39. The largest absolute Gasteiger partial charge is 0.493 e. The van der Waals surface area contributed by atoms with E-state index in [4.69, 9.17) is 21.1 Å². The number of fused-ring (bicyclic) bond motifs is 1. The van der Waals surface area contributed by atoms with Crippen molar-refractivity contribution in [1.29, 1.82) is 0 Å². The highest BCUT2D eigenvalue weighted by Gasteiger charge is 2.24. The van der Waals surface area contributed by atoms with Gasteiger partial charge in [0.2, 0.25) is 0 Å². The maximum atomic E-state index is 12.5. The first kappa shape index (κ1) is 23.0. The van der Waals surface area contributed by atoms with Crippen LogP contribution in [0.25, 0.3) is 16.8 Å². The van der Waals surface area contributed by atoms with Gasteiger partial charge in [0.05, 0.1) is 22.7 Å². The standard InChI is InChI=1S/C28H21ClN2O3S/c1-33-24-15-18(16-25-27(32)31-28(35-25)30-21-11-3-2-4-12-21)14-23(29)26(24)34-17-20-10-7-9-19-8-5-6-13-22(19)20/h2-16H,17H2,1H3,(H,30,31,32)/b25-16-. The summed E-state index contributed by atoms with van der Waals surface area (Å²) in [5.74, 6) is 0.737. The second-order valence-electron chi connectivity index (χ2n) is 7.78. The van der Waals surface area contributed by atoms with E-state index >= 15 is 0 Å². The molecule has 7 heteroatoms. The van der Waals surface area contributed by atoms with Gasteiger partial charge in [-0.1, -0.05) is 72.3 Å². The fraction of sp³-hybridized carbons (Fsp3) is 0.0714. The molecule has 1 aliphatic rings. The first-order chi connectivity index (χ1) is 17.1. The number of carbonyl (C=O) groups excluding carboxylic acids is 1. The number of para-hydroxylation sites is 1. The van der Waals surface area contributed by atoms with Crippen molar-refractivity contribution in [2.75, 3.05) is 7.11 Å². The third-order valence-electron chi connectivity index (χ3n) is 5.44. The Bertz CT molecular complexity index is 1460. The fourth-order valence-electron chi connectivity index (χ4n) is 3.78. The van der Waals surface area contributed by atoms with Crippen LogP contribution in [-0.2, 0) is 11.4 Å². The summed E-state index contributed by atoms with van der Waals surface area (Å²) in [6, 6.07) is 27.3. The molecule has 0 spiro atoms. The minimum Gasteiger partial charge on any atom is -0.493 e. The second kappa shape index (κ2) is 10.3. The Kier molecular flexibility index (Phi) is 6.75. The molecule has 0 radical (unpaired) electrons. The molecule has 0 bridgehead atoms. The molecule has 1 aliphatic heterocycles. The number of nitrogens with one attached hydrogen (secondary N) is 1. The van der Waals surface area contributed by atoms with Crippen molar-refractivity contribution >= 4 is 57.0 Å². The molecule has 1 fully saturated rings. The van der Waals surface area contributed by atoms with Gasteiger partial charge >= 0.3 is 0 Å². The van der Waals surface area contributed by atoms with Gasteiger partial charge in [0.15, 0.2) is 16.7 Å². The van der Waals surface area contributed by atoms with E-state index in [0.29, 0.717) is 33.2 Å². The van der Waals surface area contributed by atoms with Crippen LogP contribution in [0.2, 0.25) is 5.02 Å². The van der Waals surface area contributed by atoms with E-state index in [1.54, 1.807) is 25.3 Å². The summed E-state index contributed by atoms with van der Waals surface area (Å²) in [7, 11) is 1.56. The highest BCUT2D eigenvalue weighted by molar-refractivity contribution is 8.18. The third kappa shape index (κ3) is 5.19. The van der Waals surface area contributed by atoms with Gasteiger partial charge in [-0.3, -0.25) is 4.79 Å². The van der Waals surface area contributed by atoms with Crippen LogP contribution in [0.1, 0.15) is 11.1 Å². The normalized spacial score (nSPS) is 15.5. The van der Waals surface area contributed by atoms with Crippen LogP contribution in [0.5, 0.6) is 11.5 Å². The molecule has 4 aromatic carbocycles. The van der Waals surface area contributed by atoms with Crippen LogP contribution >= 0.6 is 23.4 Å². The number of rotatable bonds is 6. The summed E-state index contributed by atoms with van der Waals surface area (Å²) in [4.78, 5) is 17.5. The molecule has 35 heavy (non-hydrogen) atoms. The van der Waals surface area contributed by atoms with Crippen LogP contribution < -0.4 is 14.8 Å². The predicted molar refractivity (Wildman–Crippen MR) is 144 cm³/mol. The number of amidine groups is 1. The molecule has 1 amide bonds. The average Bonchev–Trinajstić information content (AvgIpc) is 3.21. The van der Waals surface area contributed by atoms with Crippen LogP contribution in [0.3, 0.4) is 0 Å². The summed E-state index contributed by atoms with van der Waals surface area (Å²) >= 11 is 7.87. The number of carbonyl (C=O) groups is 1. The minimum absolute atomic E-state index is 0.212. The molecule has 1 N–H and O–H groups in total. The SMILES string of the molecule is COc1cc(/C=C2\SC(=Nc3ccccc3)NC2=O)cc(Cl)c1OCc1cccc2ccccc12. The van der Waals surface area contributed by atoms with Crippen molar-refractivity contribution in [2.45, 2.75) is 6.61 Å². The lowest BCUT2D eigenvalue weighted by Gasteiger charge is -2.14. The van der Waals surface area contributed by atoms with Crippen LogP contribution in [0, 0.1) is 0 Å². The van der Waals surface area contributed by atoms with Gasteiger partial charge in [0.1, 0.15) is 6.61 Å². The third-order valence-corrected chi connectivity index (χ3v) is 6.63. The number of aliphatic imine (C=N–C) groups is 1. The molecule has 0 aromatic heterocycles. The number of hydrogen-bond donors (Lipinski definition) is 1. The number of nitrogens with zero attached hydrogens (tertiary/aromatic N) is 1. The number of methoxy groups -OCH3 is 1. The van der Waals surface area contributed by atoms with Crippen molar-refractivity contribution in [1.82, 2.24) is 5.32 Å². The molecular weight excluding hydrogens is 480 g/mol. The average molecular weight is 501 g/mol. The zero-order valence-electron chi connectivity index (χ0n) is 18.8. The molecule has 0 unspecified atom stereocenters. The Morgan fingerprint density at radius 2 is 1.77 bits per heavy atom. The number of benzene rings is 4. The Morgan fingerprint density at radius 3 is 2.60 bits per heavy atom. The van der Waals surface area contributed by atoms with Crippen molar-refractivity contribution in [3.05, 3.63) is 106 Å². The number of thioether (sulfide) groups is 1. The maximum Gasteiger partial charge on any atom is 0.264 e. The van der Waals surface area contributed by atoms with E-state index in [0.717, 1.165) is 27.6 Å². The van der Waals surface area contributed by atoms with Gasteiger partial charge in [-0.2, -0.15) is 0 Å². The van der Waals surface area contributed by atoms with Gasteiger partial charge in [0.25, 0.3) is 5.91 Å². The summed E-state index contributed by atoms with van der Waals surface area (Å²) in [6.45, 7) is 0.343.